The van der Waals surface area contributed by atoms with E-state index in [2.05, 4.69) is 5.10 Å². The molecular formula is C22H28F4N4O3S. The van der Waals surface area contributed by atoms with Crippen LogP contribution in [-0.2, 0) is 29.2 Å². The number of aliphatic hydroxyl groups is 1. The number of piperidine rings is 1. The van der Waals surface area contributed by atoms with E-state index in [1.807, 2.05) is 0 Å². The van der Waals surface area contributed by atoms with Crippen molar-refractivity contribution >= 4 is 10.0 Å². The van der Waals surface area contributed by atoms with E-state index in [1.54, 1.807) is 16.5 Å². The molecule has 0 saturated carbocycles. The third kappa shape index (κ3) is 4.86. The van der Waals surface area contributed by atoms with Crippen LogP contribution in [0.25, 0.3) is 11.3 Å². The van der Waals surface area contributed by atoms with Crippen molar-refractivity contribution < 1.29 is 31.1 Å². The number of fused-ring (bicyclic) bond motifs is 1. The topological polar surface area (TPSA) is 78.7 Å². The first-order chi connectivity index (χ1) is 15.9. The Labute approximate surface area is 196 Å². The summed E-state index contributed by atoms with van der Waals surface area (Å²) in [4.78, 5) is 1.56. The highest BCUT2D eigenvalue weighted by Crippen LogP contribution is 2.37. The quantitative estimate of drug-likeness (QED) is 0.498. The molecule has 0 spiro atoms. The summed E-state index contributed by atoms with van der Waals surface area (Å²) in [6.45, 7) is 2.16. The molecule has 1 N–H and O–H groups in total. The molecule has 1 aromatic carbocycles. The van der Waals surface area contributed by atoms with Crippen LogP contribution >= 0.6 is 0 Å². The Kier molecular flexibility index (Phi) is 6.80. The van der Waals surface area contributed by atoms with Gasteiger partial charge in [0, 0.05) is 42.9 Å². The molecule has 0 aliphatic carbocycles. The van der Waals surface area contributed by atoms with Crippen molar-refractivity contribution in [3.8, 4) is 11.3 Å². The molecule has 188 valence electrons. The van der Waals surface area contributed by atoms with Gasteiger partial charge in [0.15, 0.2) is 6.30 Å². The zero-order valence-electron chi connectivity index (χ0n) is 19.0. The molecule has 2 aliphatic rings. The minimum absolute atomic E-state index is 0.00386. The Morgan fingerprint density at radius 1 is 1.15 bits per heavy atom. The van der Waals surface area contributed by atoms with Gasteiger partial charge in [0.25, 0.3) is 0 Å². The average Bonchev–Trinajstić information content (AvgIpc) is 3.12. The molecule has 0 bridgehead atoms. The Bertz CT molecular complexity index is 1130. The molecular weight excluding hydrogens is 476 g/mol. The first-order valence-corrected chi connectivity index (χ1v) is 13.0. The first kappa shape index (κ1) is 25.1. The van der Waals surface area contributed by atoms with Crippen LogP contribution in [-0.4, -0.2) is 64.3 Å². The largest absolute Gasteiger partial charge is 0.416 e. The van der Waals surface area contributed by atoms with Crippen molar-refractivity contribution in [3.63, 3.8) is 0 Å². The number of nitrogens with zero attached hydrogens (tertiary/aromatic N) is 4. The first-order valence-electron chi connectivity index (χ1n) is 11.2. The van der Waals surface area contributed by atoms with E-state index in [9.17, 15) is 31.1 Å². The van der Waals surface area contributed by atoms with E-state index in [0.717, 1.165) is 31.2 Å². The van der Waals surface area contributed by atoms with Crippen molar-refractivity contribution in [2.24, 2.45) is 0 Å². The van der Waals surface area contributed by atoms with Crippen molar-refractivity contribution in [1.82, 2.24) is 19.0 Å². The molecule has 4 rings (SSSR count). The van der Waals surface area contributed by atoms with E-state index in [4.69, 9.17) is 0 Å². The number of likely N-dealkylation sites (tertiary alicyclic amines) is 1. The number of sulfonamides is 1. The van der Waals surface area contributed by atoms with Crippen LogP contribution in [0.2, 0.25) is 0 Å². The smallest absolute Gasteiger partial charge is 0.390 e. The molecule has 0 amide bonds. The summed E-state index contributed by atoms with van der Waals surface area (Å²) < 4.78 is 81.3. The average molecular weight is 505 g/mol. The molecule has 1 saturated heterocycles. The molecule has 1 fully saturated rings. The highest BCUT2D eigenvalue weighted by Gasteiger charge is 2.38. The minimum atomic E-state index is -4.49. The zero-order valence-corrected chi connectivity index (χ0v) is 19.8. The second-order valence-corrected chi connectivity index (χ2v) is 10.9. The van der Waals surface area contributed by atoms with Crippen molar-refractivity contribution in [1.29, 1.82) is 0 Å². The summed E-state index contributed by atoms with van der Waals surface area (Å²) in [6.07, 6.45) is -4.36. The van der Waals surface area contributed by atoms with Crippen molar-refractivity contribution in [2.45, 2.75) is 63.9 Å². The Hall–Kier alpha value is -2.02. The summed E-state index contributed by atoms with van der Waals surface area (Å²) >= 11 is 0. The molecule has 0 radical (unpaired) electrons. The van der Waals surface area contributed by atoms with Crippen molar-refractivity contribution in [3.05, 3.63) is 41.1 Å². The van der Waals surface area contributed by atoms with Gasteiger partial charge in [-0.25, -0.2) is 22.4 Å². The third-order valence-electron chi connectivity index (χ3n) is 6.50. The Morgan fingerprint density at radius 2 is 1.82 bits per heavy atom. The van der Waals surface area contributed by atoms with Gasteiger partial charge >= 0.3 is 6.18 Å². The standard InChI is InChI=1S/C22H28F4N4O3S/c1-14(31)21(29-11-4-3-5-19(29)23)30-18-10-12-28(34(2,32)33)13-17(18)20(27-30)15-6-8-16(9-7-15)22(24,25)26/h6-9,14,19,21,31H,3-5,10-13H2,1-2H3. The lowest BCUT2D eigenvalue weighted by atomic mass is 10.0. The number of rotatable bonds is 5. The fourth-order valence-corrected chi connectivity index (χ4v) is 5.59. The Morgan fingerprint density at radius 3 is 2.38 bits per heavy atom. The van der Waals surface area contributed by atoms with Gasteiger partial charge in [0.2, 0.25) is 10.0 Å². The Balaban J connectivity index is 1.83. The number of alkyl halides is 4. The van der Waals surface area contributed by atoms with E-state index < -0.39 is 40.3 Å². The number of hydrogen-bond donors (Lipinski definition) is 1. The lowest BCUT2D eigenvalue weighted by molar-refractivity contribution is -0.137. The molecule has 1 aromatic heterocycles. The summed E-state index contributed by atoms with van der Waals surface area (Å²) in [5, 5.41) is 15.3. The third-order valence-corrected chi connectivity index (χ3v) is 7.75. The summed E-state index contributed by atoms with van der Waals surface area (Å²) in [5.41, 5.74) is 1.11. The predicted octanol–water partition coefficient (Wildman–Crippen LogP) is 3.55. The lowest BCUT2D eigenvalue weighted by Gasteiger charge is -2.39. The maximum Gasteiger partial charge on any atom is 0.416 e. The van der Waals surface area contributed by atoms with E-state index in [1.165, 1.54) is 16.4 Å². The maximum absolute atomic E-state index is 14.9. The lowest BCUT2D eigenvalue weighted by Crippen LogP contribution is -2.47. The second kappa shape index (κ2) is 9.21. The van der Waals surface area contributed by atoms with Crippen LogP contribution in [0.5, 0.6) is 0 Å². The monoisotopic (exact) mass is 504 g/mol. The SMILES string of the molecule is CC(O)C(N1CCCCC1F)n1nc(-c2ccc(C(F)(F)F)cc2)c2c1CCN(S(C)(=O)=O)C2. The fourth-order valence-electron chi connectivity index (χ4n) is 4.80. The van der Waals surface area contributed by atoms with Crippen LogP contribution in [0, 0.1) is 0 Å². The summed E-state index contributed by atoms with van der Waals surface area (Å²) in [7, 11) is -3.52. The van der Waals surface area contributed by atoms with Crippen molar-refractivity contribution in [2.75, 3.05) is 19.3 Å². The van der Waals surface area contributed by atoms with Gasteiger partial charge < -0.3 is 5.11 Å². The van der Waals surface area contributed by atoms with Gasteiger partial charge in [0.05, 0.1) is 23.6 Å². The molecule has 3 atom stereocenters. The van der Waals surface area contributed by atoms with Gasteiger partial charge in [-0.1, -0.05) is 12.1 Å². The number of aliphatic hydroxyl groups excluding tert-OH is 1. The normalized spacial score (nSPS) is 22.4. The summed E-state index contributed by atoms with van der Waals surface area (Å²) in [6, 6.07) is 4.50. The van der Waals surface area contributed by atoms with E-state index >= 15 is 0 Å². The molecule has 3 unspecified atom stereocenters. The maximum atomic E-state index is 14.9. The molecule has 2 aliphatic heterocycles. The molecule has 3 heterocycles. The molecule has 2 aromatic rings. The number of benzene rings is 1. The van der Waals surface area contributed by atoms with Gasteiger partial charge in [-0.2, -0.15) is 22.6 Å². The van der Waals surface area contributed by atoms with Crippen LogP contribution in [0.4, 0.5) is 17.6 Å². The minimum Gasteiger partial charge on any atom is -0.390 e. The van der Waals surface area contributed by atoms with Crippen LogP contribution in [0.3, 0.4) is 0 Å². The van der Waals surface area contributed by atoms with Crippen LogP contribution in [0.1, 0.15) is 49.2 Å². The predicted molar refractivity (Wildman–Crippen MR) is 118 cm³/mol. The molecule has 34 heavy (non-hydrogen) atoms. The number of halogens is 4. The van der Waals surface area contributed by atoms with Gasteiger partial charge in [-0.05, 0) is 38.3 Å². The number of hydrogen-bond acceptors (Lipinski definition) is 5. The highest BCUT2D eigenvalue weighted by molar-refractivity contribution is 7.88. The number of aromatic nitrogens is 2. The zero-order chi connectivity index (χ0) is 24.8. The van der Waals surface area contributed by atoms with Gasteiger partial charge in [-0.3, -0.25) is 0 Å². The van der Waals surface area contributed by atoms with E-state index in [0.29, 0.717) is 35.5 Å². The molecule has 7 nitrogen and oxygen atoms in total. The van der Waals surface area contributed by atoms with Crippen LogP contribution in [0.15, 0.2) is 24.3 Å². The molecule has 12 heteroatoms. The fraction of sp³-hybridized carbons (Fsp3) is 0.591. The highest BCUT2D eigenvalue weighted by atomic mass is 32.2. The van der Waals surface area contributed by atoms with Crippen LogP contribution < -0.4 is 0 Å². The van der Waals surface area contributed by atoms with Gasteiger partial charge in [0.1, 0.15) is 6.17 Å². The second-order valence-electron chi connectivity index (χ2n) is 8.96. The van der Waals surface area contributed by atoms with E-state index in [-0.39, 0.29) is 19.5 Å². The van der Waals surface area contributed by atoms with Gasteiger partial charge in [-0.15, -0.1) is 0 Å². The summed E-state index contributed by atoms with van der Waals surface area (Å²) in [5.74, 6) is 0.